The number of carboxylic acid groups (broad SMARTS) is 1. The highest BCUT2D eigenvalue weighted by Crippen LogP contribution is 2.20. The summed E-state index contributed by atoms with van der Waals surface area (Å²) in [6.07, 6.45) is -0.873. The van der Waals surface area contributed by atoms with Gasteiger partial charge in [0.1, 0.15) is 12.6 Å². The molecule has 0 aliphatic carbocycles. The summed E-state index contributed by atoms with van der Waals surface area (Å²) in [5.74, 6) is -1.72. The lowest BCUT2D eigenvalue weighted by atomic mass is 10.2. The quantitative estimate of drug-likeness (QED) is 0.602. The summed E-state index contributed by atoms with van der Waals surface area (Å²) >= 11 is 0. The molecule has 20 heavy (non-hydrogen) atoms. The molecule has 0 spiro atoms. The van der Waals surface area contributed by atoms with Crippen LogP contribution in [0.2, 0.25) is 0 Å². The summed E-state index contributed by atoms with van der Waals surface area (Å²) < 4.78 is 0. The van der Waals surface area contributed by atoms with Crippen molar-refractivity contribution in [3.8, 4) is 0 Å². The summed E-state index contributed by atoms with van der Waals surface area (Å²) in [7, 11) is 0. The van der Waals surface area contributed by atoms with Crippen molar-refractivity contribution in [3.05, 3.63) is 0 Å². The van der Waals surface area contributed by atoms with E-state index in [1.165, 1.54) is 4.90 Å². The molecule has 0 aromatic rings. The van der Waals surface area contributed by atoms with E-state index < -0.39 is 30.1 Å². The summed E-state index contributed by atoms with van der Waals surface area (Å²) in [5, 5.41) is 18.6. The molecular weight excluding hydrogens is 266 g/mol. The van der Waals surface area contributed by atoms with Crippen molar-refractivity contribution in [1.82, 2.24) is 9.80 Å². The lowest BCUT2D eigenvalue weighted by Crippen LogP contribution is -2.51. The Morgan fingerprint density at radius 3 is 2.45 bits per heavy atom. The van der Waals surface area contributed by atoms with Crippen molar-refractivity contribution < 1.29 is 24.6 Å². The van der Waals surface area contributed by atoms with Gasteiger partial charge in [-0.3, -0.25) is 4.79 Å². The summed E-state index contributed by atoms with van der Waals surface area (Å²) in [6.45, 7) is 3.71. The number of aliphatic hydroxyl groups is 1. The number of hydrogen-bond acceptors (Lipinski definition) is 4. The molecule has 3 amide bonds. The monoisotopic (exact) mass is 287 g/mol. The minimum absolute atomic E-state index is 0.00678. The Labute approximate surface area is 117 Å². The number of aliphatic carboxylic acids is 1. The molecule has 1 rings (SSSR count). The maximum absolute atomic E-state index is 12.3. The molecule has 8 heteroatoms. The summed E-state index contributed by atoms with van der Waals surface area (Å²) in [4.78, 5) is 36.8. The van der Waals surface area contributed by atoms with E-state index in [1.54, 1.807) is 0 Å². The average molecular weight is 287 g/mol. The molecule has 114 valence electrons. The highest BCUT2D eigenvalue weighted by molar-refractivity contribution is 5.86. The van der Waals surface area contributed by atoms with Gasteiger partial charge in [0, 0.05) is 19.5 Å². The van der Waals surface area contributed by atoms with E-state index >= 15 is 0 Å². The first-order valence-corrected chi connectivity index (χ1v) is 6.47. The maximum atomic E-state index is 12.3. The lowest BCUT2D eigenvalue weighted by Gasteiger charge is -2.30. The molecule has 2 atom stereocenters. The van der Waals surface area contributed by atoms with E-state index in [2.05, 4.69) is 0 Å². The van der Waals surface area contributed by atoms with Crippen LogP contribution in [-0.2, 0) is 9.59 Å². The zero-order chi connectivity index (χ0) is 15.4. The zero-order valence-electron chi connectivity index (χ0n) is 11.7. The van der Waals surface area contributed by atoms with Crippen LogP contribution in [0.5, 0.6) is 0 Å². The Morgan fingerprint density at radius 1 is 1.40 bits per heavy atom. The van der Waals surface area contributed by atoms with Gasteiger partial charge in [-0.05, 0) is 5.92 Å². The molecule has 1 aliphatic rings. The van der Waals surface area contributed by atoms with Gasteiger partial charge in [0.15, 0.2) is 0 Å². The van der Waals surface area contributed by atoms with E-state index in [-0.39, 0.29) is 25.4 Å². The van der Waals surface area contributed by atoms with Crippen molar-refractivity contribution >= 4 is 17.9 Å². The molecular formula is C12H21N3O5. The largest absolute Gasteiger partial charge is 0.480 e. The maximum Gasteiger partial charge on any atom is 0.326 e. The number of urea groups is 1. The third kappa shape index (κ3) is 4.09. The minimum Gasteiger partial charge on any atom is -0.480 e. The lowest BCUT2D eigenvalue weighted by molar-refractivity contribution is -0.141. The number of amides is 3. The molecule has 8 nitrogen and oxygen atoms in total. The van der Waals surface area contributed by atoms with Crippen LogP contribution in [0.1, 0.15) is 20.3 Å². The minimum atomic E-state index is -1.17. The summed E-state index contributed by atoms with van der Waals surface area (Å²) in [5.41, 5.74) is 5.11. The molecule has 0 radical (unpaired) electrons. The van der Waals surface area contributed by atoms with Crippen molar-refractivity contribution in [3.63, 3.8) is 0 Å². The fourth-order valence-electron chi connectivity index (χ4n) is 2.28. The Hall–Kier alpha value is -1.83. The van der Waals surface area contributed by atoms with Crippen molar-refractivity contribution in [2.24, 2.45) is 11.7 Å². The highest BCUT2D eigenvalue weighted by Gasteiger charge is 2.40. The van der Waals surface area contributed by atoms with Gasteiger partial charge >= 0.3 is 12.0 Å². The summed E-state index contributed by atoms with van der Waals surface area (Å²) in [6, 6.07) is -1.65. The first kappa shape index (κ1) is 16.2. The third-order valence-corrected chi connectivity index (χ3v) is 3.01. The number of β-amino-alcohol motifs (C(OH)–C–C–N with tert-alkyl or cyclic N) is 1. The Kier molecular flexibility index (Phi) is 5.32. The van der Waals surface area contributed by atoms with Crippen molar-refractivity contribution in [2.45, 2.75) is 32.4 Å². The van der Waals surface area contributed by atoms with Gasteiger partial charge in [-0.2, -0.15) is 0 Å². The molecule has 0 saturated carbocycles. The van der Waals surface area contributed by atoms with E-state index in [0.717, 1.165) is 4.90 Å². The van der Waals surface area contributed by atoms with Crippen LogP contribution in [0.15, 0.2) is 0 Å². The Bertz CT molecular complexity index is 399. The third-order valence-electron chi connectivity index (χ3n) is 3.01. The number of rotatable bonds is 5. The van der Waals surface area contributed by atoms with Crippen molar-refractivity contribution in [2.75, 3.05) is 19.6 Å². The van der Waals surface area contributed by atoms with Gasteiger partial charge < -0.3 is 25.7 Å². The molecule has 0 bridgehead atoms. The molecule has 1 heterocycles. The molecule has 4 N–H and O–H groups in total. The number of hydrogen-bond donors (Lipinski definition) is 3. The second-order valence-corrected chi connectivity index (χ2v) is 5.42. The fourth-order valence-corrected chi connectivity index (χ4v) is 2.28. The van der Waals surface area contributed by atoms with E-state index in [9.17, 15) is 19.5 Å². The number of carbonyl (C=O) groups is 3. The van der Waals surface area contributed by atoms with E-state index in [0.29, 0.717) is 6.54 Å². The topological polar surface area (TPSA) is 124 Å². The first-order chi connectivity index (χ1) is 9.22. The molecule has 2 unspecified atom stereocenters. The van der Waals surface area contributed by atoms with Crippen LogP contribution in [-0.4, -0.2) is 69.7 Å². The Balaban J connectivity index is 2.86. The van der Waals surface area contributed by atoms with Crippen LogP contribution in [0, 0.1) is 5.92 Å². The van der Waals surface area contributed by atoms with Gasteiger partial charge in [0.25, 0.3) is 0 Å². The fraction of sp³-hybridized carbons (Fsp3) is 0.750. The number of carboxylic acids is 1. The van der Waals surface area contributed by atoms with Gasteiger partial charge in [-0.15, -0.1) is 0 Å². The predicted octanol–water partition coefficient (Wildman–Crippen LogP) is -0.930. The van der Waals surface area contributed by atoms with Crippen LogP contribution in [0.25, 0.3) is 0 Å². The number of primary amides is 1. The molecule has 1 fully saturated rings. The van der Waals surface area contributed by atoms with Gasteiger partial charge in [0.2, 0.25) is 5.91 Å². The molecule has 1 saturated heterocycles. The number of aliphatic hydroxyl groups excluding tert-OH is 1. The predicted molar refractivity (Wildman–Crippen MR) is 69.8 cm³/mol. The van der Waals surface area contributed by atoms with E-state index in [1.807, 2.05) is 13.8 Å². The van der Waals surface area contributed by atoms with Crippen LogP contribution in [0.3, 0.4) is 0 Å². The number of likely N-dealkylation sites (tertiary alicyclic amines) is 1. The molecule has 0 aromatic carbocycles. The normalized spacial score (nSPS) is 22.1. The second-order valence-electron chi connectivity index (χ2n) is 5.42. The van der Waals surface area contributed by atoms with Crippen LogP contribution >= 0.6 is 0 Å². The van der Waals surface area contributed by atoms with E-state index in [4.69, 9.17) is 10.8 Å². The molecule has 0 aromatic heterocycles. The molecule has 1 aliphatic heterocycles. The van der Waals surface area contributed by atoms with Crippen LogP contribution < -0.4 is 5.73 Å². The second kappa shape index (κ2) is 6.56. The Morgan fingerprint density at radius 2 is 2.00 bits per heavy atom. The van der Waals surface area contributed by atoms with Gasteiger partial charge in [-0.1, -0.05) is 13.8 Å². The SMILES string of the molecule is CC(C)CN(CC(N)=O)C(=O)N1CC(O)CC1C(=O)O. The number of nitrogens with two attached hydrogens (primary N) is 1. The number of carbonyl (C=O) groups excluding carboxylic acids is 2. The standard InChI is InChI=1S/C12H21N3O5/c1-7(2)4-14(6-10(13)17)12(20)15-5-8(16)3-9(15)11(18)19/h7-9,16H,3-6H2,1-2H3,(H2,13,17)(H,18,19). The highest BCUT2D eigenvalue weighted by atomic mass is 16.4. The number of nitrogens with zero attached hydrogens (tertiary/aromatic N) is 2. The average Bonchev–Trinajstić information content (AvgIpc) is 2.68. The smallest absolute Gasteiger partial charge is 0.326 e. The zero-order valence-corrected chi connectivity index (χ0v) is 11.7. The van der Waals surface area contributed by atoms with Gasteiger partial charge in [-0.25, -0.2) is 9.59 Å². The van der Waals surface area contributed by atoms with Crippen molar-refractivity contribution in [1.29, 1.82) is 0 Å². The first-order valence-electron chi connectivity index (χ1n) is 6.47. The van der Waals surface area contributed by atoms with Crippen LogP contribution in [0.4, 0.5) is 4.79 Å². The van der Waals surface area contributed by atoms with Gasteiger partial charge in [0.05, 0.1) is 6.10 Å².